The molecule has 0 radical (unpaired) electrons. The largest absolute Gasteiger partial charge is 0.478 e. The predicted molar refractivity (Wildman–Crippen MR) is 90.3 cm³/mol. The van der Waals surface area contributed by atoms with Crippen molar-refractivity contribution in [3.8, 4) is 5.75 Å². The molecule has 138 valence electrons. The van der Waals surface area contributed by atoms with Crippen LogP contribution in [0.5, 0.6) is 5.75 Å². The Morgan fingerprint density at radius 1 is 1.44 bits per heavy atom. The first kappa shape index (κ1) is 19.2. The zero-order chi connectivity index (χ0) is 18.2. The normalized spacial score (nSPS) is 17.6. The van der Waals surface area contributed by atoms with Crippen LogP contribution in [0.2, 0.25) is 0 Å². The molecule has 6 nitrogen and oxygen atoms in total. The summed E-state index contributed by atoms with van der Waals surface area (Å²) < 4.78 is 30.1. The van der Waals surface area contributed by atoms with Gasteiger partial charge in [-0.25, -0.2) is 9.18 Å². The van der Waals surface area contributed by atoms with Gasteiger partial charge in [0.15, 0.2) is 6.10 Å². The summed E-state index contributed by atoms with van der Waals surface area (Å²) in [5, 5.41) is 3.99. The Bertz CT molecular complexity index is 619. The third-order valence-electron chi connectivity index (χ3n) is 3.65. The fourth-order valence-electron chi connectivity index (χ4n) is 2.34. The molecule has 2 rings (SSSR count). The third kappa shape index (κ3) is 5.16. The molecule has 7 heteroatoms. The zero-order valence-electron chi connectivity index (χ0n) is 14.8. The number of unbranched alkanes of at least 4 members (excludes halogenated alkanes) is 1. The molecule has 0 bridgehead atoms. The van der Waals surface area contributed by atoms with Crippen molar-refractivity contribution in [3.63, 3.8) is 0 Å². The second-order valence-corrected chi connectivity index (χ2v) is 5.64. The molecule has 2 atom stereocenters. The second kappa shape index (κ2) is 9.36. The van der Waals surface area contributed by atoms with Crippen LogP contribution in [0.4, 0.5) is 4.39 Å². The summed E-state index contributed by atoms with van der Waals surface area (Å²) in [6.45, 7) is 6.45. The van der Waals surface area contributed by atoms with Gasteiger partial charge in [-0.15, -0.1) is 0 Å². The van der Waals surface area contributed by atoms with E-state index in [1.165, 1.54) is 18.2 Å². The van der Waals surface area contributed by atoms with Crippen molar-refractivity contribution in [2.45, 2.75) is 45.8 Å². The number of esters is 1. The maximum Gasteiger partial charge on any atom is 0.347 e. The summed E-state index contributed by atoms with van der Waals surface area (Å²) in [5.41, 5.74) is 0.872. The number of ether oxygens (including phenoxy) is 3. The van der Waals surface area contributed by atoms with Gasteiger partial charge >= 0.3 is 5.97 Å². The van der Waals surface area contributed by atoms with E-state index in [1.54, 1.807) is 13.8 Å². The van der Waals surface area contributed by atoms with E-state index in [1.807, 2.05) is 0 Å². The number of benzene rings is 1. The summed E-state index contributed by atoms with van der Waals surface area (Å²) >= 11 is 0. The van der Waals surface area contributed by atoms with E-state index >= 15 is 0 Å². The van der Waals surface area contributed by atoms with Crippen molar-refractivity contribution in [2.24, 2.45) is 5.16 Å². The molecule has 0 aliphatic carbocycles. The van der Waals surface area contributed by atoms with Crippen LogP contribution in [0.25, 0.3) is 0 Å². The number of nitrogens with zero attached hydrogens (tertiary/aromatic N) is 1. The van der Waals surface area contributed by atoms with Gasteiger partial charge in [0, 0.05) is 12.2 Å². The Hall–Kier alpha value is -2.15. The lowest BCUT2D eigenvalue weighted by Crippen LogP contribution is -2.29. The molecular weight excluding hydrogens is 329 g/mol. The molecular formula is C18H24FNO5. The first-order valence-electron chi connectivity index (χ1n) is 8.51. The quantitative estimate of drug-likeness (QED) is 0.504. The van der Waals surface area contributed by atoms with Crippen LogP contribution in [-0.2, 0) is 19.1 Å². The fourth-order valence-corrected chi connectivity index (χ4v) is 2.34. The first-order valence-corrected chi connectivity index (χ1v) is 8.51. The first-order chi connectivity index (χ1) is 12.1. The van der Waals surface area contributed by atoms with E-state index in [0.29, 0.717) is 23.6 Å². The van der Waals surface area contributed by atoms with Crippen molar-refractivity contribution < 1.29 is 28.2 Å². The Morgan fingerprint density at radius 2 is 2.24 bits per heavy atom. The molecule has 0 saturated carbocycles. The molecule has 1 aliphatic heterocycles. The van der Waals surface area contributed by atoms with Gasteiger partial charge in [-0.05, 0) is 38.5 Å². The number of rotatable bonds is 9. The maximum atomic E-state index is 13.8. The molecule has 1 heterocycles. The molecule has 0 saturated heterocycles. The summed E-state index contributed by atoms with van der Waals surface area (Å²) in [6, 6.07) is 4.03. The monoisotopic (exact) mass is 353 g/mol. The second-order valence-electron chi connectivity index (χ2n) is 5.64. The van der Waals surface area contributed by atoms with Crippen LogP contribution in [0.1, 0.15) is 39.2 Å². The highest BCUT2D eigenvalue weighted by Crippen LogP contribution is 2.26. The molecule has 1 aromatic carbocycles. The minimum atomic E-state index is -0.827. The molecule has 0 fully saturated rings. The average molecular weight is 353 g/mol. The Balaban J connectivity index is 2.19. The minimum absolute atomic E-state index is 0.261. The molecule has 0 aromatic heterocycles. The van der Waals surface area contributed by atoms with Gasteiger partial charge in [-0.1, -0.05) is 18.5 Å². The van der Waals surface area contributed by atoms with Gasteiger partial charge in [0.25, 0.3) is 0 Å². The number of carbonyl (C=O) groups is 1. The van der Waals surface area contributed by atoms with E-state index in [9.17, 15) is 9.18 Å². The topological polar surface area (TPSA) is 66.3 Å². The van der Waals surface area contributed by atoms with Crippen LogP contribution in [0.3, 0.4) is 0 Å². The third-order valence-corrected chi connectivity index (χ3v) is 3.65. The van der Waals surface area contributed by atoms with Gasteiger partial charge < -0.3 is 19.0 Å². The standard InChI is InChI=1S/C18H24FNO5/c1-4-6-9-23-16-11-24-20-17(16)14-10-13(19)7-8-15(14)25-12(3)18(21)22-5-2/h7-8,10,12,16H,4-6,9,11H2,1-3H3/t12-,16?/m0/s1. The summed E-state index contributed by atoms with van der Waals surface area (Å²) in [4.78, 5) is 16.9. The van der Waals surface area contributed by atoms with Crippen LogP contribution >= 0.6 is 0 Å². The number of oxime groups is 1. The molecule has 0 spiro atoms. The lowest BCUT2D eigenvalue weighted by atomic mass is 10.0. The summed E-state index contributed by atoms with van der Waals surface area (Å²) in [5.74, 6) is -0.596. The number of halogens is 1. The van der Waals surface area contributed by atoms with Crippen LogP contribution < -0.4 is 4.74 Å². The molecule has 1 unspecified atom stereocenters. The van der Waals surface area contributed by atoms with E-state index in [0.717, 1.165) is 12.8 Å². The average Bonchev–Trinajstić information content (AvgIpc) is 3.05. The van der Waals surface area contributed by atoms with Gasteiger partial charge in [0.2, 0.25) is 0 Å². The molecule has 0 amide bonds. The summed E-state index contributed by atoms with van der Waals surface area (Å²) in [6.07, 6.45) is 0.696. The van der Waals surface area contributed by atoms with Gasteiger partial charge in [0.05, 0.1) is 6.61 Å². The Labute approximate surface area is 146 Å². The number of hydrogen-bond acceptors (Lipinski definition) is 6. The van der Waals surface area contributed by atoms with Crippen molar-refractivity contribution >= 4 is 11.7 Å². The maximum absolute atomic E-state index is 13.8. The van der Waals surface area contributed by atoms with Crippen molar-refractivity contribution in [1.82, 2.24) is 0 Å². The zero-order valence-corrected chi connectivity index (χ0v) is 14.8. The van der Waals surface area contributed by atoms with Gasteiger partial charge in [-0.2, -0.15) is 0 Å². The van der Waals surface area contributed by atoms with E-state index < -0.39 is 24.0 Å². The highest BCUT2D eigenvalue weighted by molar-refractivity contribution is 6.06. The smallest absolute Gasteiger partial charge is 0.347 e. The predicted octanol–water partition coefficient (Wildman–Crippen LogP) is 3.08. The van der Waals surface area contributed by atoms with Crippen molar-refractivity contribution in [3.05, 3.63) is 29.6 Å². The lowest BCUT2D eigenvalue weighted by molar-refractivity contribution is -0.150. The summed E-state index contributed by atoms with van der Waals surface area (Å²) in [7, 11) is 0. The highest BCUT2D eigenvalue weighted by Gasteiger charge is 2.29. The van der Waals surface area contributed by atoms with E-state index in [4.69, 9.17) is 19.0 Å². The van der Waals surface area contributed by atoms with Crippen LogP contribution in [0.15, 0.2) is 23.4 Å². The molecule has 25 heavy (non-hydrogen) atoms. The lowest BCUT2D eigenvalue weighted by Gasteiger charge is -2.18. The SMILES string of the molecule is CCCCOC1CON=C1c1cc(F)ccc1O[C@@H](C)C(=O)OCC. The highest BCUT2D eigenvalue weighted by atomic mass is 19.1. The van der Waals surface area contributed by atoms with Crippen molar-refractivity contribution in [1.29, 1.82) is 0 Å². The number of hydrogen-bond donors (Lipinski definition) is 0. The molecule has 0 N–H and O–H groups in total. The van der Waals surface area contributed by atoms with Crippen LogP contribution in [-0.4, -0.2) is 43.7 Å². The van der Waals surface area contributed by atoms with Crippen LogP contribution in [0, 0.1) is 5.82 Å². The van der Waals surface area contributed by atoms with Crippen molar-refractivity contribution in [2.75, 3.05) is 19.8 Å². The van der Waals surface area contributed by atoms with E-state index in [2.05, 4.69) is 12.1 Å². The van der Waals surface area contributed by atoms with Gasteiger partial charge in [-0.3, -0.25) is 0 Å². The Kier molecular flexibility index (Phi) is 7.18. The fraction of sp³-hybridized carbons (Fsp3) is 0.556. The number of carbonyl (C=O) groups excluding carboxylic acids is 1. The minimum Gasteiger partial charge on any atom is -0.478 e. The van der Waals surface area contributed by atoms with Gasteiger partial charge in [0.1, 0.15) is 30.0 Å². The molecule has 1 aliphatic rings. The van der Waals surface area contributed by atoms with E-state index in [-0.39, 0.29) is 13.2 Å². The Morgan fingerprint density at radius 3 is 2.96 bits per heavy atom. The molecule has 1 aromatic rings.